The second kappa shape index (κ2) is 7.89. The van der Waals surface area contributed by atoms with Gasteiger partial charge in [0.15, 0.2) is 5.82 Å². The summed E-state index contributed by atoms with van der Waals surface area (Å²) in [6.07, 6.45) is 1.41. The van der Waals surface area contributed by atoms with Crippen molar-refractivity contribution >= 4 is 17.4 Å². The van der Waals surface area contributed by atoms with Crippen molar-refractivity contribution in [2.45, 2.75) is 13.5 Å². The summed E-state index contributed by atoms with van der Waals surface area (Å²) in [4.78, 5) is 17.4. The summed E-state index contributed by atoms with van der Waals surface area (Å²) in [5.41, 5.74) is 3.09. The first kappa shape index (κ1) is 18.9. The highest BCUT2D eigenvalue weighted by atomic mass is 35.5. The number of aromatic nitrogens is 5. The molecule has 0 saturated carbocycles. The Hall–Kier alpha value is -3.45. The molecular formula is C21H18ClN5O2. The summed E-state index contributed by atoms with van der Waals surface area (Å²) in [6.45, 7) is 2.11. The van der Waals surface area contributed by atoms with Crippen LogP contribution in [0.15, 0.2) is 54.9 Å². The van der Waals surface area contributed by atoms with Gasteiger partial charge in [0.25, 0.3) is 0 Å². The van der Waals surface area contributed by atoms with E-state index in [9.17, 15) is 4.79 Å². The van der Waals surface area contributed by atoms with Crippen LogP contribution in [0.25, 0.3) is 11.4 Å². The van der Waals surface area contributed by atoms with Gasteiger partial charge in [-0.3, -0.25) is 9.89 Å². The molecule has 2 aromatic carbocycles. The number of ketones is 1. The Morgan fingerprint density at radius 3 is 2.69 bits per heavy atom. The smallest absolute Gasteiger partial charge is 0.223 e. The monoisotopic (exact) mass is 407 g/mol. The predicted octanol–water partition coefficient (Wildman–Crippen LogP) is 3.98. The molecule has 2 heterocycles. The number of benzene rings is 2. The number of aryl methyl sites for hydroxylation is 2. The lowest BCUT2D eigenvalue weighted by atomic mass is 10.0. The van der Waals surface area contributed by atoms with Crippen molar-refractivity contribution in [2.75, 3.05) is 0 Å². The fourth-order valence-corrected chi connectivity index (χ4v) is 3.38. The Kier molecular flexibility index (Phi) is 5.14. The first-order chi connectivity index (χ1) is 14.0. The van der Waals surface area contributed by atoms with Crippen molar-refractivity contribution in [1.29, 1.82) is 0 Å². The van der Waals surface area contributed by atoms with Crippen molar-refractivity contribution in [3.8, 4) is 17.3 Å². The van der Waals surface area contributed by atoms with Crippen LogP contribution < -0.4 is 4.74 Å². The zero-order valence-electron chi connectivity index (χ0n) is 15.9. The molecule has 0 aliphatic heterocycles. The number of nitrogens with zero attached hydrogens (tertiary/aromatic N) is 4. The van der Waals surface area contributed by atoms with E-state index >= 15 is 0 Å². The van der Waals surface area contributed by atoms with Crippen molar-refractivity contribution in [3.05, 3.63) is 82.3 Å². The lowest BCUT2D eigenvalue weighted by Crippen LogP contribution is -2.08. The molecule has 0 aliphatic rings. The van der Waals surface area contributed by atoms with E-state index < -0.39 is 0 Å². The van der Waals surface area contributed by atoms with Crippen LogP contribution in [0.5, 0.6) is 5.88 Å². The normalized spacial score (nSPS) is 10.9. The highest BCUT2D eigenvalue weighted by Crippen LogP contribution is 2.30. The quantitative estimate of drug-likeness (QED) is 0.488. The van der Waals surface area contributed by atoms with Crippen LogP contribution in [0.4, 0.5) is 0 Å². The number of hydrogen-bond acceptors (Lipinski definition) is 5. The molecule has 0 unspecified atom stereocenters. The summed E-state index contributed by atoms with van der Waals surface area (Å²) >= 11 is 6.42. The summed E-state index contributed by atoms with van der Waals surface area (Å²) in [5, 5.41) is 11.3. The molecule has 4 rings (SSSR count). The maximum absolute atomic E-state index is 13.3. The molecule has 0 saturated heterocycles. The lowest BCUT2D eigenvalue weighted by Gasteiger charge is -2.10. The van der Waals surface area contributed by atoms with E-state index in [0.29, 0.717) is 40.2 Å². The van der Waals surface area contributed by atoms with E-state index in [1.807, 2.05) is 30.3 Å². The van der Waals surface area contributed by atoms with Crippen LogP contribution in [0, 0.1) is 6.92 Å². The predicted molar refractivity (Wildman–Crippen MR) is 109 cm³/mol. The number of rotatable bonds is 6. The SMILES string of the molecule is Cc1nn(C)c(OCc2ccccc2)c1C(=O)c1ccc(-c2ncn[nH]2)cc1Cl. The zero-order chi connectivity index (χ0) is 20.4. The third kappa shape index (κ3) is 3.77. The Labute approximate surface area is 172 Å². The van der Waals surface area contributed by atoms with Crippen LogP contribution >= 0.6 is 11.6 Å². The molecule has 0 fully saturated rings. The van der Waals surface area contributed by atoms with E-state index in [0.717, 1.165) is 11.1 Å². The van der Waals surface area contributed by atoms with Gasteiger partial charge >= 0.3 is 0 Å². The van der Waals surface area contributed by atoms with Gasteiger partial charge < -0.3 is 4.74 Å². The molecule has 0 atom stereocenters. The van der Waals surface area contributed by atoms with Gasteiger partial charge in [0.05, 0.1) is 10.7 Å². The molecule has 4 aromatic rings. The molecule has 0 radical (unpaired) electrons. The maximum Gasteiger partial charge on any atom is 0.223 e. The van der Waals surface area contributed by atoms with Gasteiger partial charge in [0, 0.05) is 18.2 Å². The van der Waals surface area contributed by atoms with Gasteiger partial charge in [-0.05, 0) is 24.6 Å². The lowest BCUT2D eigenvalue weighted by molar-refractivity contribution is 0.103. The molecule has 0 aliphatic carbocycles. The van der Waals surface area contributed by atoms with Crippen LogP contribution in [0.2, 0.25) is 5.02 Å². The fourth-order valence-electron chi connectivity index (χ4n) is 3.12. The first-order valence-corrected chi connectivity index (χ1v) is 9.32. The van der Waals surface area contributed by atoms with E-state index in [-0.39, 0.29) is 5.78 Å². The molecule has 8 heteroatoms. The largest absolute Gasteiger partial charge is 0.472 e. The van der Waals surface area contributed by atoms with Crippen LogP contribution in [0.3, 0.4) is 0 Å². The van der Waals surface area contributed by atoms with Gasteiger partial charge in [0.2, 0.25) is 11.7 Å². The Bertz CT molecular complexity index is 1150. The van der Waals surface area contributed by atoms with Crippen LogP contribution in [-0.2, 0) is 13.7 Å². The van der Waals surface area contributed by atoms with Gasteiger partial charge in [-0.15, -0.1) is 0 Å². The molecular weight excluding hydrogens is 390 g/mol. The summed E-state index contributed by atoms with van der Waals surface area (Å²) in [7, 11) is 1.75. The Balaban J connectivity index is 1.65. The fraction of sp³-hybridized carbons (Fsp3) is 0.143. The van der Waals surface area contributed by atoms with E-state index in [1.54, 1.807) is 36.9 Å². The minimum absolute atomic E-state index is 0.243. The van der Waals surface area contributed by atoms with Gasteiger partial charge in [-0.25, -0.2) is 9.67 Å². The Morgan fingerprint density at radius 2 is 2.00 bits per heavy atom. The number of hydrogen-bond donors (Lipinski definition) is 1. The first-order valence-electron chi connectivity index (χ1n) is 8.95. The summed E-state index contributed by atoms with van der Waals surface area (Å²) in [6, 6.07) is 14.9. The molecule has 2 aromatic heterocycles. The van der Waals surface area contributed by atoms with Crippen molar-refractivity contribution < 1.29 is 9.53 Å². The molecule has 146 valence electrons. The average Bonchev–Trinajstić information content (AvgIpc) is 3.34. The Morgan fingerprint density at radius 1 is 1.21 bits per heavy atom. The second-order valence-electron chi connectivity index (χ2n) is 6.52. The molecule has 29 heavy (non-hydrogen) atoms. The summed E-state index contributed by atoms with van der Waals surface area (Å²) in [5.74, 6) is 0.745. The molecule has 1 N–H and O–H groups in total. The van der Waals surface area contributed by atoms with E-state index in [4.69, 9.17) is 16.3 Å². The number of carbonyl (C=O) groups excluding carboxylic acids is 1. The minimum Gasteiger partial charge on any atom is -0.472 e. The number of H-pyrrole nitrogens is 1. The van der Waals surface area contributed by atoms with Crippen LogP contribution in [0.1, 0.15) is 27.2 Å². The van der Waals surface area contributed by atoms with Gasteiger partial charge in [-0.1, -0.05) is 48.0 Å². The summed E-state index contributed by atoms with van der Waals surface area (Å²) < 4.78 is 7.52. The number of aromatic amines is 1. The zero-order valence-corrected chi connectivity index (χ0v) is 16.6. The molecule has 0 spiro atoms. The number of ether oxygens (including phenoxy) is 1. The standard InChI is InChI=1S/C21H18ClN5O2/c1-13-18(21(27(2)26-13)29-11-14-6-4-3-5-7-14)19(28)16-9-8-15(10-17(16)22)20-23-12-24-25-20/h3-10,12H,11H2,1-2H3,(H,23,24,25). The highest BCUT2D eigenvalue weighted by molar-refractivity contribution is 6.35. The van der Waals surface area contributed by atoms with Gasteiger partial charge in [-0.2, -0.15) is 10.2 Å². The third-order valence-corrected chi connectivity index (χ3v) is 4.83. The second-order valence-corrected chi connectivity index (χ2v) is 6.93. The van der Waals surface area contributed by atoms with Crippen LogP contribution in [-0.4, -0.2) is 30.7 Å². The molecule has 0 bridgehead atoms. The minimum atomic E-state index is -0.243. The van der Waals surface area contributed by atoms with Crippen molar-refractivity contribution in [3.63, 3.8) is 0 Å². The van der Waals surface area contributed by atoms with E-state index in [1.165, 1.54) is 6.33 Å². The molecule has 7 nitrogen and oxygen atoms in total. The third-order valence-electron chi connectivity index (χ3n) is 4.52. The maximum atomic E-state index is 13.3. The topological polar surface area (TPSA) is 85.7 Å². The van der Waals surface area contributed by atoms with E-state index in [2.05, 4.69) is 20.3 Å². The molecule has 0 amide bonds. The van der Waals surface area contributed by atoms with Gasteiger partial charge in [0.1, 0.15) is 18.5 Å². The highest BCUT2D eigenvalue weighted by Gasteiger charge is 2.25. The number of nitrogens with one attached hydrogen (secondary N) is 1. The average molecular weight is 408 g/mol. The number of halogens is 1. The van der Waals surface area contributed by atoms with Crippen molar-refractivity contribution in [2.24, 2.45) is 7.05 Å². The number of carbonyl (C=O) groups is 1. The van der Waals surface area contributed by atoms with Crippen molar-refractivity contribution in [1.82, 2.24) is 25.0 Å².